The molecule has 82 valence electrons. The standard InChI is InChI=1S/C11H9FN2OS/c12-6-1-4-8-9(5-6)13-11(16)14(10(8)15)7-2-3-7/h1,4-5,7H,2-3H2,(H,13,16). The molecule has 0 radical (unpaired) electrons. The van der Waals surface area contributed by atoms with Gasteiger partial charge in [-0.1, -0.05) is 0 Å². The summed E-state index contributed by atoms with van der Waals surface area (Å²) in [5.74, 6) is -0.373. The van der Waals surface area contributed by atoms with E-state index in [4.69, 9.17) is 12.2 Å². The second-order valence-electron chi connectivity index (χ2n) is 4.03. The summed E-state index contributed by atoms with van der Waals surface area (Å²) in [5.41, 5.74) is 0.341. The summed E-state index contributed by atoms with van der Waals surface area (Å²) in [7, 11) is 0. The summed E-state index contributed by atoms with van der Waals surface area (Å²) in [5, 5.41) is 0.488. The third-order valence-corrected chi connectivity index (χ3v) is 3.10. The number of halogens is 1. The molecule has 1 aliphatic carbocycles. The van der Waals surface area contributed by atoms with Crippen LogP contribution in [0, 0.1) is 10.6 Å². The van der Waals surface area contributed by atoms with Crippen LogP contribution in [-0.2, 0) is 0 Å². The van der Waals surface area contributed by atoms with Gasteiger partial charge < -0.3 is 4.98 Å². The molecule has 16 heavy (non-hydrogen) atoms. The molecule has 0 spiro atoms. The lowest BCUT2D eigenvalue weighted by Crippen LogP contribution is -2.21. The number of nitrogens with one attached hydrogen (secondary N) is 1. The van der Waals surface area contributed by atoms with Gasteiger partial charge in [-0.25, -0.2) is 4.39 Å². The molecule has 3 nitrogen and oxygen atoms in total. The molecule has 1 N–H and O–H groups in total. The smallest absolute Gasteiger partial charge is 0.262 e. The Labute approximate surface area is 95.5 Å². The number of hydrogen-bond donors (Lipinski definition) is 1. The van der Waals surface area contributed by atoms with Crippen LogP contribution < -0.4 is 5.56 Å². The van der Waals surface area contributed by atoms with Gasteiger partial charge in [0.2, 0.25) is 0 Å². The zero-order valence-electron chi connectivity index (χ0n) is 8.37. The summed E-state index contributed by atoms with van der Waals surface area (Å²) in [6, 6.07) is 4.31. The SMILES string of the molecule is O=c1c2ccc(F)cc2[nH]c(=S)n1C1CC1. The second kappa shape index (κ2) is 3.25. The van der Waals surface area contributed by atoms with Crippen molar-refractivity contribution in [2.45, 2.75) is 18.9 Å². The van der Waals surface area contributed by atoms with Gasteiger partial charge in [-0.3, -0.25) is 9.36 Å². The molecule has 2 aromatic rings. The first-order chi connectivity index (χ1) is 7.66. The van der Waals surface area contributed by atoms with Gasteiger partial charge in [-0.2, -0.15) is 0 Å². The van der Waals surface area contributed by atoms with Gasteiger partial charge in [0.25, 0.3) is 5.56 Å². The highest BCUT2D eigenvalue weighted by Gasteiger charge is 2.26. The van der Waals surface area contributed by atoms with Gasteiger partial charge in [0.05, 0.1) is 10.9 Å². The highest BCUT2D eigenvalue weighted by Crippen LogP contribution is 2.33. The first kappa shape index (κ1) is 9.72. The molecule has 3 rings (SSSR count). The lowest BCUT2D eigenvalue weighted by atomic mass is 10.2. The predicted octanol–water partition coefficient (Wildman–Crippen LogP) is 2.53. The van der Waals surface area contributed by atoms with Crippen LogP contribution in [0.2, 0.25) is 0 Å². The van der Waals surface area contributed by atoms with Crippen molar-refractivity contribution in [2.75, 3.05) is 0 Å². The van der Waals surface area contributed by atoms with Crippen molar-refractivity contribution in [1.82, 2.24) is 9.55 Å². The third kappa shape index (κ3) is 1.39. The van der Waals surface area contributed by atoms with Crippen LogP contribution in [0.25, 0.3) is 10.9 Å². The number of aromatic nitrogens is 2. The Bertz CT molecular complexity index is 684. The molecular formula is C11H9FN2OS. The van der Waals surface area contributed by atoms with Crippen molar-refractivity contribution >= 4 is 23.1 Å². The number of H-pyrrole nitrogens is 1. The molecule has 0 amide bonds. The minimum absolute atomic E-state index is 0.124. The van der Waals surface area contributed by atoms with Crippen molar-refractivity contribution in [3.63, 3.8) is 0 Å². The second-order valence-corrected chi connectivity index (χ2v) is 4.41. The lowest BCUT2D eigenvalue weighted by Gasteiger charge is -2.06. The Morgan fingerprint density at radius 1 is 1.44 bits per heavy atom. The topological polar surface area (TPSA) is 37.8 Å². The molecule has 0 bridgehead atoms. The minimum atomic E-state index is -0.373. The van der Waals surface area contributed by atoms with Gasteiger partial charge in [0.15, 0.2) is 4.77 Å². The molecule has 0 unspecified atom stereocenters. The maximum atomic E-state index is 13.0. The van der Waals surface area contributed by atoms with Gasteiger partial charge >= 0.3 is 0 Å². The van der Waals surface area contributed by atoms with Gasteiger partial charge in [0.1, 0.15) is 5.82 Å². The van der Waals surface area contributed by atoms with E-state index in [9.17, 15) is 9.18 Å². The Balaban J connectivity index is 2.43. The van der Waals surface area contributed by atoms with Gasteiger partial charge in [-0.05, 0) is 43.3 Å². The number of hydrogen-bond acceptors (Lipinski definition) is 2. The molecule has 1 heterocycles. The Hall–Kier alpha value is -1.49. The van der Waals surface area contributed by atoms with E-state index in [1.54, 1.807) is 4.57 Å². The predicted molar refractivity (Wildman–Crippen MR) is 61.6 cm³/mol. The van der Waals surface area contributed by atoms with Crippen molar-refractivity contribution in [1.29, 1.82) is 0 Å². The summed E-state index contributed by atoms with van der Waals surface area (Å²) < 4.78 is 15.0. The molecular weight excluding hydrogens is 227 g/mol. The van der Waals surface area contributed by atoms with Crippen LogP contribution in [0.15, 0.2) is 23.0 Å². The van der Waals surface area contributed by atoms with Crippen molar-refractivity contribution in [3.8, 4) is 0 Å². The summed E-state index contributed by atoms with van der Waals surface area (Å²) in [4.78, 5) is 15.0. The summed E-state index contributed by atoms with van der Waals surface area (Å²) in [6.45, 7) is 0. The third-order valence-electron chi connectivity index (χ3n) is 2.80. The maximum absolute atomic E-state index is 13.0. The summed E-state index contributed by atoms with van der Waals surface area (Å²) in [6.07, 6.45) is 1.98. The fourth-order valence-corrected chi connectivity index (χ4v) is 2.21. The van der Waals surface area contributed by atoms with Crippen LogP contribution in [0.1, 0.15) is 18.9 Å². The number of aromatic amines is 1. The average Bonchev–Trinajstić information content (AvgIpc) is 3.01. The fourth-order valence-electron chi connectivity index (χ4n) is 1.87. The van der Waals surface area contributed by atoms with Gasteiger partial charge in [0, 0.05) is 6.04 Å². The molecule has 1 saturated carbocycles. The fraction of sp³-hybridized carbons (Fsp3) is 0.273. The molecule has 1 aromatic heterocycles. The normalized spacial score (nSPS) is 15.6. The van der Waals surface area contributed by atoms with E-state index in [2.05, 4.69) is 4.98 Å². The van der Waals surface area contributed by atoms with Crippen molar-refractivity contribution < 1.29 is 4.39 Å². The van der Waals surface area contributed by atoms with E-state index >= 15 is 0 Å². The van der Waals surface area contributed by atoms with E-state index in [0.29, 0.717) is 15.7 Å². The zero-order chi connectivity index (χ0) is 11.3. The van der Waals surface area contributed by atoms with E-state index < -0.39 is 0 Å². The minimum Gasteiger partial charge on any atom is -0.331 e. The number of rotatable bonds is 1. The van der Waals surface area contributed by atoms with Crippen LogP contribution in [0.3, 0.4) is 0 Å². The summed E-state index contributed by atoms with van der Waals surface area (Å²) >= 11 is 5.11. The largest absolute Gasteiger partial charge is 0.331 e. The maximum Gasteiger partial charge on any atom is 0.262 e. The Morgan fingerprint density at radius 3 is 2.88 bits per heavy atom. The zero-order valence-corrected chi connectivity index (χ0v) is 9.18. The molecule has 5 heteroatoms. The quantitative estimate of drug-likeness (QED) is 0.773. The van der Waals surface area contributed by atoms with E-state index in [1.165, 1.54) is 18.2 Å². The highest BCUT2D eigenvalue weighted by molar-refractivity contribution is 7.71. The van der Waals surface area contributed by atoms with Crippen LogP contribution in [0.5, 0.6) is 0 Å². The van der Waals surface area contributed by atoms with Crippen molar-refractivity contribution in [3.05, 3.63) is 39.1 Å². The van der Waals surface area contributed by atoms with E-state index in [-0.39, 0.29) is 17.4 Å². The highest BCUT2D eigenvalue weighted by atomic mass is 32.1. The molecule has 0 atom stereocenters. The van der Waals surface area contributed by atoms with E-state index in [0.717, 1.165) is 12.8 Å². The van der Waals surface area contributed by atoms with Gasteiger partial charge in [-0.15, -0.1) is 0 Å². The Kier molecular flexibility index (Phi) is 1.97. The van der Waals surface area contributed by atoms with Crippen LogP contribution >= 0.6 is 12.2 Å². The molecule has 0 saturated heterocycles. The van der Waals surface area contributed by atoms with Crippen LogP contribution in [-0.4, -0.2) is 9.55 Å². The van der Waals surface area contributed by atoms with Crippen molar-refractivity contribution in [2.24, 2.45) is 0 Å². The number of benzene rings is 1. The average molecular weight is 236 g/mol. The molecule has 1 aliphatic rings. The van der Waals surface area contributed by atoms with E-state index in [1.807, 2.05) is 0 Å². The monoisotopic (exact) mass is 236 g/mol. The molecule has 1 fully saturated rings. The van der Waals surface area contributed by atoms with Crippen LogP contribution in [0.4, 0.5) is 4.39 Å². The Morgan fingerprint density at radius 2 is 2.19 bits per heavy atom. The lowest BCUT2D eigenvalue weighted by molar-refractivity contribution is 0.628. The first-order valence-electron chi connectivity index (χ1n) is 5.11. The number of fused-ring (bicyclic) bond motifs is 1. The number of nitrogens with zero attached hydrogens (tertiary/aromatic N) is 1. The molecule has 0 aliphatic heterocycles. The first-order valence-corrected chi connectivity index (χ1v) is 5.52. The molecule has 1 aromatic carbocycles.